The number of hydrogen-bond acceptors (Lipinski definition) is 6. The van der Waals surface area contributed by atoms with Gasteiger partial charge in [0.2, 0.25) is 30.1 Å². The fourth-order valence-electron chi connectivity index (χ4n) is 4.27. The van der Waals surface area contributed by atoms with Crippen LogP contribution in [-0.4, -0.2) is 93.2 Å². The Morgan fingerprint density at radius 3 is 0.778 bits per heavy atom. The Morgan fingerprint density at radius 1 is 0.472 bits per heavy atom. The molecule has 0 amide bonds. The van der Waals surface area contributed by atoms with Crippen molar-refractivity contribution in [2.75, 3.05) is 39.3 Å². The van der Waals surface area contributed by atoms with Gasteiger partial charge in [-0.3, -0.25) is 0 Å². The quantitative estimate of drug-likeness (QED) is 0.482. The van der Waals surface area contributed by atoms with Crippen LogP contribution in [0.4, 0.5) is 0 Å². The molecule has 3 aliphatic rings. The fraction of sp³-hybridized carbons (Fsp3) is 1.00. The maximum Gasteiger partial charge on any atom is 0.216 e. The molecular formula is C24H51N3O6S3. The van der Waals surface area contributed by atoms with E-state index in [0.29, 0.717) is 57.0 Å². The zero-order valence-corrected chi connectivity index (χ0v) is 26.3. The lowest BCUT2D eigenvalue weighted by molar-refractivity contribution is 0.457. The topological polar surface area (TPSA) is 112 Å². The second-order valence-corrected chi connectivity index (χ2v) is 19.0. The van der Waals surface area contributed by atoms with E-state index in [0.717, 1.165) is 19.3 Å². The van der Waals surface area contributed by atoms with Gasteiger partial charge in [0.05, 0.1) is 15.7 Å². The van der Waals surface area contributed by atoms with Gasteiger partial charge in [0.15, 0.2) is 0 Å². The average molecular weight is 574 g/mol. The Balaban J connectivity index is 0.000000270. The zero-order chi connectivity index (χ0) is 28.1. The van der Waals surface area contributed by atoms with Crippen LogP contribution in [0.2, 0.25) is 0 Å². The summed E-state index contributed by atoms with van der Waals surface area (Å²) in [6.07, 6.45) is 3.02. The molecule has 3 aliphatic heterocycles. The van der Waals surface area contributed by atoms with Crippen molar-refractivity contribution in [3.05, 3.63) is 0 Å². The van der Waals surface area contributed by atoms with Gasteiger partial charge in [-0.25, -0.2) is 38.2 Å². The van der Waals surface area contributed by atoms with Crippen molar-refractivity contribution >= 4 is 30.1 Å². The normalized spacial score (nSPS) is 26.8. The second kappa shape index (κ2) is 13.7. The van der Waals surface area contributed by atoms with E-state index in [1.807, 2.05) is 0 Å². The summed E-state index contributed by atoms with van der Waals surface area (Å²) in [5, 5.41) is -0.826. The highest BCUT2D eigenvalue weighted by atomic mass is 32.2. The largest absolute Gasteiger partial charge is 0.216 e. The molecule has 36 heavy (non-hydrogen) atoms. The summed E-state index contributed by atoms with van der Waals surface area (Å²) in [6, 6.07) is 0. The first-order valence-corrected chi connectivity index (χ1v) is 17.8. The highest BCUT2D eigenvalue weighted by Gasteiger charge is 2.32. The van der Waals surface area contributed by atoms with E-state index in [4.69, 9.17) is 0 Å². The van der Waals surface area contributed by atoms with Crippen LogP contribution in [0.1, 0.15) is 81.6 Å². The van der Waals surface area contributed by atoms with Crippen molar-refractivity contribution < 1.29 is 25.3 Å². The third kappa shape index (κ3) is 9.18. The minimum Gasteiger partial charge on any atom is -0.212 e. The van der Waals surface area contributed by atoms with Crippen LogP contribution < -0.4 is 0 Å². The summed E-state index contributed by atoms with van der Waals surface area (Å²) >= 11 is 0. The van der Waals surface area contributed by atoms with Crippen molar-refractivity contribution in [1.29, 1.82) is 0 Å². The molecule has 0 spiro atoms. The van der Waals surface area contributed by atoms with Gasteiger partial charge in [-0.1, -0.05) is 20.8 Å². The Morgan fingerprint density at radius 2 is 0.667 bits per heavy atom. The Hall–Kier alpha value is -0.270. The molecule has 12 heteroatoms. The first-order valence-electron chi connectivity index (χ1n) is 13.3. The number of hydrogen-bond donors (Lipinski definition) is 0. The molecule has 3 rings (SSSR count). The molecule has 3 saturated heterocycles. The van der Waals surface area contributed by atoms with E-state index >= 15 is 0 Å². The van der Waals surface area contributed by atoms with Crippen LogP contribution in [0.15, 0.2) is 0 Å². The van der Waals surface area contributed by atoms with E-state index < -0.39 is 30.1 Å². The molecule has 216 valence electrons. The Labute approximate surface area is 222 Å². The van der Waals surface area contributed by atoms with E-state index in [1.54, 1.807) is 54.5 Å². The third-order valence-electron chi connectivity index (χ3n) is 7.03. The first-order chi connectivity index (χ1) is 16.3. The molecular weight excluding hydrogens is 522 g/mol. The third-order valence-corrected chi connectivity index (χ3v) is 13.8. The van der Waals surface area contributed by atoms with Gasteiger partial charge in [-0.2, -0.15) is 0 Å². The molecule has 0 saturated carbocycles. The van der Waals surface area contributed by atoms with Crippen molar-refractivity contribution in [2.45, 2.75) is 97.3 Å². The lowest BCUT2D eigenvalue weighted by atomic mass is 10.2. The van der Waals surface area contributed by atoms with Crippen molar-refractivity contribution in [3.63, 3.8) is 0 Å². The van der Waals surface area contributed by atoms with Crippen LogP contribution in [0.5, 0.6) is 0 Å². The van der Waals surface area contributed by atoms with Crippen LogP contribution in [-0.2, 0) is 30.1 Å². The molecule has 9 nitrogen and oxygen atoms in total. The van der Waals surface area contributed by atoms with Gasteiger partial charge >= 0.3 is 0 Å². The van der Waals surface area contributed by atoms with Crippen LogP contribution in [0, 0.1) is 17.8 Å². The molecule has 0 aromatic rings. The summed E-state index contributed by atoms with van der Waals surface area (Å²) < 4.78 is 74.5. The van der Waals surface area contributed by atoms with Crippen molar-refractivity contribution in [2.24, 2.45) is 17.8 Å². The molecule has 0 aromatic heterocycles. The fourth-order valence-corrected chi connectivity index (χ4v) is 8.53. The molecule has 0 aromatic carbocycles. The highest BCUT2D eigenvalue weighted by molar-refractivity contribution is 7.90. The molecule has 3 fully saturated rings. The molecule has 0 bridgehead atoms. The summed E-state index contributed by atoms with van der Waals surface area (Å²) in [6.45, 7) is 20.9. The predicted octanol–water partition coefficient (Wildman–Crippen LogP) is 3.20. The van der Waals surface area contributed by atoms with Crippen LogP contribution >= 0.6 is 0 Å². The van der Waals surface area contributed by atoms with Gasteiger partial charge in [0.1, 0.15) is 0 Å². The molecule has 0 aliphatic carbocycles. The van der Waals surface area contributed by atoms with Gasteiger partial charge in [-0.05, 0) is 78.6 Å². The summed E-state index contributed by atoms with van der Waals surface area (Å²) in [5.74, 6) is 1.58. The zero-order valence-electron chi connectivity index (χ0n) is 23.8. The average Bonchev–Trinajstić information content (AvgIpc) is 3.50. The minimum atomic E-state index is -2.98. The molecule has 0 N–H and O–H groups in total. The van der Waals surface area contributed by atoms with Crippen LogP contribution in [0.25, 0.3) is 0 Å². The predicted molar refractivity (Wildman–Crippen MR) is 148 cm³/mol. The minimum absolute atomic E-state index is 0.275. The smallest absolute Gasteiger partial charge is 0.212 e. The highest BCUT2D eigenvalue weighted by Crippen LogP contribution is 2.22. The molecule has 3 heterocycles. The summed E-state index contributed by atoms with van der Waals surface area (Å²) in [5.41, 5.74) is 0. The van der Waals surface area contributed by atoms with Gasteiger partial charge in [0.25, 0.3) is 0 Å². The van der Waals surface area contributed by atoms with Gasteiger partial charge < -0.3 is 0 Å². The number of sulfonamides is 3. The Bertz CT molecular complexity index is 866. The number of nitrogens with zero attached hydrogens (tertiary/aromatic N) is 3. The standard InChI is InChI=1S/3C8H17NO2S/c3*1-7(2)12(10,11)9-5-4-8(3)6-9/h3*7-8H,4-6H2,1-3H3. The molecule has 3 unspecified atom stereocenters. The second-order valence-electron chi connectivity index (χ2n) is 11.5. The lowest BCUT2D eigenvalue weighted by Crippen LogP contribution is -2.34. The summed E-state index contributed by atoms with van der Waals surface area (Å²) in [4.78, 5) is 0. The lowest BCUT2D eigenvalue weighted by Gasteiger charge is -2.18. The van der Waals surface area contributed by atoms with Crippen molar-refractivity contribution in [1.82, 2.24) is 12.9 Å². The SMILES string of the molecule is CC1CCN(S(=O)(=O)C(C)C)C1.CC1CCN(S(=O)(=O)C(C)C)C1.CC1CCN(S(=O)(=O)C(C)C)C1. The van der Waals surface area contributed by atoms with Gasteiger partial charge in [0, 0.05) is 39.3 Å². The van der Waals surface area contributed by atoms with E-state index in [9.17, 15) is 25.3 Å². The van der Waals surface area contributed by atoms with Crippen LogP contribution in [0.3, 0.4) is 0 Å². The number of rotatable bonds is 6. The molecule has 3 atom stereocenters. The van der Waals surface area contributed by atoms with E-state index in [1.165, 1.54) is 0 Å². The summed E-state index contributed by atoms with van der Waals surface area (Å²) in [7, 11) is -8.93. The maximum absolute atomic E-state index is 11.6. The van der Waals surface area contributed by atoms with E-state index in [-0.39, 0.29) is 15.7 Å². The maximum atomic E-state index is 11.6. The molecule has 0 radical (unpaired) electrons. The first kappa shape index (κ1) is 33.8. The monoisotopic (exact) mass is 573 g/mol. The van der Waals surface area contributed by atoms with Crippen molar-refractivity contribution in [3.8, 4) is 0 Å². The van der Waals surface area contributed by atoms with E-state index in [2.05, 4.69) is 20.8 Å². The Kier molecular flexibility index (Phi) is 12.8. The van der Waals surface area contributed by atoms with Gasteiger partial charge in [-0.15, -0.1) is 0 Å².